The second kappa shape index (κ2) is 27.9. The fourth-order valence-electron chi connectivity index (χ4n) is 4.11. The minimum Gasteiger partial charge on any atom is -0.463 e. The molecule has 0 aromatic carbocycles. The molecule has 0 spiro atoms. The summed E-state index contributed by atoms with van der Waals surface area (Å²) in [6, 6.07) is 0. The summed E-state index contributed by atoms with van der Waals surface area (Å²) < 4.78 is 10.3. The van der Waals surface area contributed by atoms with Gasteiger partial charge in [0.15, 0.2) is 0 Å². The Labute approximate surface area is 211 Å². The molecule has 4 nitrogen and oxygen atoms in total. The van der Waals surface area contributed by atoms with Crippen molar-refractivity contribution in [3.05, 3.63) is 12.2 Å². The predicted octanol–water partition coefficient (Wildman–Crippen LogP) is 9.25. The Balaban J connectivity index is 3.38. The van der Waals surface area contributed by atoms with Gasteiger partial charge in [-0.1, -0.05) is 142 Å². The topological polar surface area (TPSA) is 52.6 Å². The maximum Gasteiger partial charge on any atom is 0.331 e. The van der Waals surface area contributed by atoms with Gasteiger partial charge in [0, 0.05) is 12.2 Å². The van der Waals surface area contributed by atoms with Crippen molar-refractivity contribution < 1.29 is 19.1 Å². The van der Waals surface area contributed by atoms with Crippen LogP contribution in [-0.2, 0) is 19.1 Å². The zero-order chi connectivity index (χ0) is 25.0. The number of hydrogen-bond acceptors (Lipinski definition) is 4. The maximum atomic E-state index is 11.7. The third-order valence-corrected chi connectivity index (χ3v) is 6.34. The Bertz CT molecular complexity index is 430. The molecule has 0 atom stereocenters. The third kappa shape index (κ3) is 26.9. The van der Waals surface area contributed by atoms with Crippen LogP contribution in [0.5, 0.6) is 0 Å². The van der Waals surface area contributed by atoms with Crippen LogP contribution in [0.3, 0.4) is 0 Å². The van der Waals surface area contributed by atoms with Gasteiger partial charge >= 0.3 is 11.9 Å². The van der Waals surface area contributed by atoms with Crippen LogP contribution < -0.4 is 0 Å². The van der Waals surface area contributed by atoms with Gasteiger partial charge in [0.2, 0.25) is 0 Å². The van der Waals surface area contributed by atoms with E-state index in [4.69, 9.17) is 9.47 Å². The van der Waals surface area contributed by atoms with E-state index >= 15 is 0 Å². The molecule has 0 saturated heterocycles. The second-order valence-electron chi connectivity index (χ2n) is 9.74. The molecular formula is C30H56O4. The molecule has 0 saturated carbocycles. The molecule has 0 amide bonds. The number of carbonyl (C=O) groups excluding carboxylic acids is 2. The summed E-state index contributed by atoms with van der Waals surface area (Å²) in [5.74, 6) is -0.919. The lowest BCUT2D eigenvalue weighted by molar-refractivity contribution is -0.140. The molecule has 34 heavy (non-hydrogen) atoms. The van der Waals surface area contributed by atoms with E-state index < -0.39 is 11.9 Å². The Morgan fingerprint density at radius 3 is 0.912 bits per heavy atom. The molecule has 0 aromatic rings. The summed E-state index contributed by atoms with van der Waals surface area (Å²) in [5.41, 5.74) is 0. The molecular weight excluding hydrogens is 424 g/mol. The quantitative estimate of drug-likeness (QED) is 0.0703. The molecule has 200 valence electrons. The zero-order valence-corrected chi connectivity index (χ0v) is 22.8. The number of ether oxygens (including phenoxy) is 2. The van der Waals surface area contributed by atoms with Gasteiger partial charge in [-0.25, -0.2) is 9.59 Å². The van der Waals surface area contributed by atoms with Gasteiger partial charge < -0.3 is 9.47 Å². The second-order valence-corrected chi connectivity index (χ2v) is 9.74. The van der Waals surface area contributed by atoms with Gasteiger partial charge in [0.1, 0.15) is 0 Å². The van der Waals surface area contributed by atoms with E-state index in [0.717, 1.165) is 25.7 Å². The highest BCUT2D eigenvalue weighted by molar-refractivity contribution is 5.91. The summed E-state index contributed by atoms with van der Waals surface area (Å²) in [6.45, 7) is 5.35. The number of rotatable bonds is 26. The van der Waals surface area contributed by atoms with Gasteiger partial charge in [0.05, 0.1) is 13.2 Å². The number of esters is 2. The van der Waals surface area contributed by atoms with Crippen LogP contribution in [0.1, 0.15) is 155 Å². The average molecular weight is 481 g/mol. The van der Waals surface area contributed by atoms with Gasteiger partial charge in [-0.05, 0) is 12.8 Å². The van der Waals surface area contributed by atoms with Crippen molar-refractivity contribution in [1.29, 1.82) is 0 Å². The van der Waals surface area contributed by atoms with E-state index in [9.17, 15) is 9.59 Å². The summed E-state index contributed by atoms with van der Waals surface area (Å²) >= 11 is 0. The summed E-state index contributed by atoms with van der Waals surface area (Å²) in [7, 11) is 0. The van der Waals surface area contributed by atoms with Crippen LogP contribution in [-0.4, -0.2) is 25.2 Å². The SMILES string of the molecule is CCCCCCCCCCCCCOC(=O)C=CC(=O)OCCCCCCCCCCCCC. The fourth-order valence-corrected chi connectivity index (χ4v) is 4.11. The van der Waals surface area contributed by atoms with Crippen molar-refractivity contribution in [2.75, 3.05) is 13.2 Å². The molecule has 0 aromatic heterocycles. The van der Waals surface area contributed by atoms with E-state index in [0.29, 0.717) is 13.2 Å². The number of hydrogen-bond donors (Lipinski definition) is 0. The molecule has 0 radical (unpaired) electrons. The minimum absolute atomic E-state index is 0.425. The van der Waals surface area contributed by atoms with Crippen molar-refractivity contribution in [2.45, 2.75) is 155 Å². The first kappa shape index (κ1) is 32.7. The Hall–Kier alpha value is -1.32. The van der Waals surface area contributed by atoms with Crippen molar-refractivity contribution in [3.63, 3.8) is 0 Å². The molecule has 0 bridgehead atoms. The van der Waals surface area contributed by atoms with E-state index in [1.54, 1.807) is 0 Å². The molecule has 0 N–H and O–H groups in total. The highest BCUT2D eigenvalue weighted by Gasteiger charge is 2.02. The normalized spacial score (nSPS) is 11.2. The summed E-state index contributed by atoms with van der Waals surface area (Å²) in [5, 5.41) is 0. The fraction of sp³-hybridized carbons (Fsp3) is 0.867. The van der Waals surface area contributed by atoms with Crippen molar-refractivity contribution in [1.82, 2.24) is 0 Å². The first-order valence-electron chi connectivity index (χ1n) is 14.7. The van der Waals surface area contributed by atoms with E-state index in [1.165, 1.54) is 128 Å². The standard InChI is InChI=1S/C30H56O4/c1-3-5-7-9-11-13-15-17-19-21-23-27-33-29(31)25-26-30(32)34-28-24-22-20-18-16-14-12-10-8-6-4-2/h25-26H,3-24,27-28H2,1-2H3. The maximum absolute atomic E-state index is 11.7. The van der Waals surface area contributed by atoms with Crippen molar-refractivity contribution in [2.24, 2.45) is 0 Å². The lowest BCUT2D eigenvalue weighted by Crippen LogP contribution is -2.06. The smallest absolute Gasteiger partial charge is 0.331 e. The lowest BCUT2D eigenvalue weighted by atomic mass is 10.1. The van der Waals surface area contributed by atoms with Gasteiger partial charge in [-0.3, -0.25) is 0 Å². The van der Waals surface area contributed by atoms with Gasteiger partial charge in [-0.15, -0.1) is 0 Å². The number of unbranched alkanes of at least 4 members (excludes halogenated alkanes) is 20. The minimum atomic E-state index is -0.460. The van der Waals surface area contributed by atoms with E-state index in [1.807, 2.05) is 0 Å². The molecule has 0 rings (SSSR count). The Morgan fingerprint density at radius 1 is 0.412 bits per heavy atom. The Morgan fingerprint density at radius 2 is 0.647 bits per heavy atom. The predicted molar refractivity (Wildman–Crippen MR) is 144 cm³/mol. The zero-order valence-electron chi connectivity index (χ0n) is 22.8. The molecule has 0 aliphatic carbocycles. The van der Waals surface area contributed by atoms with Crippen molar-refractivity contribution >= 4 is 11.9 Å². The monoisotopic (exact) mass is 480 g/mol. The first-order chi connectivity index (χ1) is 16.7. The van der Waals surface area contributed by atoms with Crippen LogP contribution in [0.25, 0.3) is 0 Å². The molecule has 0 heterocycles. The highest BCUT2D eigenvalue weighted by atomic mass is 16.5. The largest absolute Gasteiger partial charge is 0.463 e. The molecule has 0 unspecified atom stereocenters. The summed E-state index contributed by atoms with van der Waals surface area (Å²) in [4.78, 5) is 23.4. The van der Waals surface area contributed by atoms with Gasteiger partial charge in [-0.2, -0.15) is 0 Å². The van der Waals surface area contributed by atoms with Crippen LogP contribution in [0, 0.1) is 0 Å². The van der Waals surface area contributed by atoms with E-state index in [-0.39, 0.29) is 0 Å². The lowest BCUT2D eigenvalue weighted by Gasteiger charge is -2.04. The highest BCUT2D eigenvalue weighted by Crippen LogP contribution is 2.12. The van der Waals surface area contributed by atoms with Crippen LogP contribution in [0.4, 0.5) is 0 Å². The third-order valence-electron chi connectivity index (χ3n) is 6.34. The Kier molecular flexibility index (Phi) is 26.8. The van der Waals surface area contributed by atoms with Gasteiger partial charge in [0.25, 0.3) is 0 Å². The molecule has 4 heteroatoms. The average Bonchev–Trinajstić information content (AvgIpc) is 2.84. The van der Waals surface area contributed by atoms with Crippen LogP contribution >= 0.6 is 0 Å². The van der Waals surface area contributed by atoms with Crippen molar-refractivity contribution in [3.8, 4) is 0 Å². The van der Waals surface area contributed by atoms with Crippen LogP contribution in [0.2, 0.25) is 0 Å². The molecule has 0 aliphatic rings. The summed E-state index contributed by atoms with van der Waals surface area (Å²) in [6.07, 6.45) is 30.2. The first-order valence-corrected chi connectivity index (χ1v) is 14.7. The molecule has 0 fully saturated rings. The number of carbonyl (C=O) groups is 2. The van der Waals surface area contributed by atoms with E-state index in [2.05, 4.69) is 13.8 Å². The van der Waals surface area contributed by atoms with Crippen LogP contribution in [0.15, 0.2) is 12.2 Å². The molecule has 0 aliphatic heterocycles.